The third-order valence-corrected chi connectivity index (χ3v) is 4.35. The molecular formula is C15H20N8O. The number of nitrogens with zero attached hydrogens (tertiary/aromatic N) is 7. The molecule has 1 N–H and O–H groups in total. The molecule has 4 heterocycles. The van der Waals surface area contributed by atoms with E-state index in [1.165, 1.54) is 6.42 Å². The molecule has 0 amide bonds. The second kappa shape index (κ2) is 6.06. The normalized spacial score (nSPS) is 15.2. The fourth-order valence-electron chi connectivity index (χ4n) is 2.97. The van der Waals surface area contributed by atoms with Gasteiger partial charge < -0.3 is 10.2 Å². The molecule has 9 heteroatoms. The van der Waals surface area contributed by atoms with Crippen molar-refractivity contribution < 1.29 is 4.63 Å². The van der Waals surface area contributed by atoms with Crippen LogP contribution in [0.4, 0.5) is 11.6 Å². The van der Waals surface area contributed by atoms with Crippen molar-refractivity contribution in [1.29, 1.82) is 0 Å². The van der Waals surface area contributed by atoms with Gasteiger partial charge in [0.15, 0.2) is 11.6 Å². The number of anilines is 2. The topological polar surface area (TPSA) is 97.8 Å². The van der Waals surface area contributed by atoms with Gasteiger partial charge in [-0.2, -0.15) is 5.10 Å². The zero-order chi connectivity index (χ0) is 16.5. The zero-order valence-corrected chi connectivity index (χ0v) is 13.9. The smallest absolute Gasteiger partial charge is 0.245 e. The van der Waals surface area contributed by atoms with Crippen LogP contribution in [0.25, 0.3) is 11.3 Å². The first kappa shape index (κ1) is 14.9. The molecule has 0 aromatic carbocycles. The van der Waals surface area contributed by atoms with Crippen molar-refractivity contribution in [3.63, 3.8) is 0 Å². The average molecular weight is 328 g/mol. The Hall–Kier alpha value is -2.71. The summed E-state index contributed by atoms with van der Waals surface area (Å²) in [4.78, 5) is 11.4. The molecule has 0 unspecified atom stereocenters. The number of rotatable bonds is 4. The molecule has 0 radical (unpaired) electrons. The molecule has 0 spiro atoms. The van der Waals surface area contributed by atoms with Crippen molar-refractivity contribution in [2.45, 2.75) is 32.7 Å². The van der Waals surface area contributed by atoms with E-state index in [1.807, 2.05) is 18.7 Å². The number of aryl methyl sites for hydroxylation is 2. The van der Waals surface area contributed by atoms with Crippen LogP contribution in [0, 0.1) is 6.92 Å². The lowest BCUT2D eigenvalue weighted by molar-refractivity contribution is 0.314. The fourth-order valence-corrected chi connectivity index (χ4v) is 2.97. The molecule has 1 aliphatic heterocycles. The van der Waals surface area contributed by atoms with Crippen LogP contribution in [0.15, 0.2) is 10.7 Å². The van der Waals surface area contributed by atoms with Crippen molar-refractivity contribution in [3.8, 4) is 0 Å². The van der Waals surface area contributed by atoms with Gasteiger partial charge in [0.05, 0.1) is 12.2 Å². The molecule has 9 nitrogen and oxygen atoms in total. The first-order chi connectivity index (χ1) is 11.7. The van der Waals surface area contributed by atoms with Gasteiger partial charge in [0, 0.05) is 25.8 Å². The summed E-state index contributed by atoms with van der Waals surface area (Å²) in [6.07, 6.45) is 3.58. The summed E-state index contributed by atoms with van der Waals surface area (Å²) in [6.45, 7) is 4.56. The van der Waals surface area contributed by atoms with Gasteiger partial charge in [-0.05, 0) is 42.6 Å². The maximum atomic E-state index is 4.76. The molecule has 0 bridgehead atoms. The van der Waals surface area contributed by atoms with Crippen LogP contribution in [0.2, 0.25) is 0 Å². The molecule has 126 valence electrons. The molecule has 3 aromatic rings. The van der Waals surface area contributed by atoms with Gasteiger partial charge in [0.25, 0.3) is 0 Å². The second-order valence-corrected chi connectivity index (χ2v) is 6.11. The Morgan fingerprint density at radius 2 is 1.88 bits per heavy atom. The maximum Gasteiger partial charge on any atom is 0.245 e. The largest absolute Gasteiger partial charge is 0.361 e. The average Bonchev–Trinajstić information content (AvgIpc) is 3.19. The van der Waals surface area contributed by atoms with E-state index in [0.29, 0.717) is 23.7 Å². The lowest BCUT2D eigenvalue weighted by Crippen LogP contribution is -2.31. The van der Waals surface area contributed by atoms with Crippen LogP contribution in [0.3, 0.4) is 0 Å². The van der Waals surface area contributed by atoms with E-state index in [-0.39, 0.29) is 0 Å². The molecule has 3 aromatic heterocycles. The van der Waals surface area contributed by atoms with Gasteiger partial charge in [-0.1, -0.05) is 0 Å². The van der Waals surface area contributed by atoms with Crippen molar-refractivity contribution in [2.75, 3.05) is 23.3 Å². The number of hydrogen-bond donors (Lipinski definition) is 1. The zero-order valence-electron chi connectivity index (χ0n) is 13.9. The minimum Gasteiger partial charge on any atom is -0.361 e. The van der Waals surface area contributed by atoms with Crippen molar-refractivity contribution >= 4 is 22.9 Å². The number of aromatic nitrogens is 6. The predicted molar refractivity (Wildman–Crippen MR) is 88.7 cm³/mol. The van der Waals surface area contributed by atoms with Crippen molar-refractivity contribution in [3.05, 3.63) is 17.5 Å². The van der Waals surface area contributed by atoms with E-state index in [4.69, 9.17) is 4.63 Å². The van der Waals surface area contributed by atoms with Gasteiger partial charge in [0.2, 0.25) is 11.3 Å². The maximum absolute atomic E-state index is 4.76. The Labute approximate surface area is 139 Å². The summed E-state index contributed by atoms with van der Waals surface area (Å²) in [5.41, 5.74) is 2.93. The summed E-state index contributed by atoms with van der Waals surface area (Å²) in [7, 11) is 1.94. The minimum atomic E-state index is 0.412. The summed E-state index contributed by atoms with van der Waals surface area (Å²) in [5.74, 6) is 1.51. The highest BCUT2D eigenvalue weighted by Gasteiger charge is 2.20. The first-order valence-electron chi connectivity index (χ1n) is 8.19. The van der Waals surface area contributed by atoms with Crippen LogP contribution >= 0.6 is 0 Å². The number of nitrogens with one attached hydrogen (secondary N) is 1. The highest BCUT2D eigenvalue weighted by atomic mass is 16.6. The van der Waals surface area contributed by atoms with E-state index in [0.717, 1.165) is 43.1 Å². The van der Waals surface area contributed by atoms with E-state index in [1.54, 1.807) is 0 Å². The van der Waals surface area contributed by atoms with Crippen LogP contribution < -0.4 is 10.2 Å². The Kier molecular flexibility index (Phi) is 3.75. The van der Waals surface area contributed by atoms with Crippen LogP contribution in [-0.2, 0) is 13.6 Å². The Morgan fingerprint density at radius 3 is 2.58 bits per heavy atom. The van der Waals surface area contributed by atoms with Crippen LogP contribution in [0.5, 0.6) is 0 Å². The Balaban J connectivity index is 1.63. The third kappa shape index (κ3) is 2.77. The second-order valence-electron chi connectivity index (χ2n) is 6.11. The molecular weight excluding hydrogens is 308 g/mol. The third-order valence-electron chi connectivity index (χ3n) is 4.35. The summed E-state index contributed by atoms with van der Waals surface area (Å²) < 4.78 is 6.62. The predicted octanol–water partition coefficient (Wildman–Crippen LogP) is 1.66. The quantitative estimate of drug-likeness (QED) is 0.772. The van der Waals surface area contributed by atoms with Crippen molar-refractivity contribution in [1.82, 2.24) is 30.1 Å². The van der Waals surface area contributed by atoms with Gasteiger partial charge >= 0.3 is 0 Å². The summed E-state index contributed by atoms with van der Waals surface area (Å²) in [6, 6.07) is 2.05. The minimum absolute atomic E-state index is 0.412. The molecule has 0 saturated carbocycles. The van der Waals surface area contributed by atoms with E-state index in [2.05, 4.69) is 41.7 Å². The first-order valence-corrected chi connectivity index (χ1v) is 8.19. The standard InChI is InChI=1S/C15H20N8O/c1-10-8-11(19-22(10)2)9-16-14-15(23-6-4-3-5-7-23)18-13-12(17-14)20-24-21-13/h8H,3-7,9H2,1-2H3,(H,16,17,20). The van der Waals surface area contributed by atoms with Crippen LogP contribution in [0.1, 0.15) is 30.7 Å². The monoisotopic (exact) mass is 328 g/mol. The van der Waals surface area contributed by atoms with Crippen molar-refractivity contribution in [2.24, 2.45) is 7.05 Å². The highest BCUT2D eigenvalue weighted by Crippen LogP contribution is 2.26. The van der Waals surface area contributed by atoms with Gasteiger partial charge in [0.1, 0.15) is 0 Å². The molecule has 1 fully saturated rings. The molecule has 0 aliphatic carbocycles. The Morgan fingerprint density at radius 1 is 1.12 bits per heavy atom. The van der Waals surface area contributed by atoms with Gasteiger partial charge in [-0.25, -0.2) is 14.6 Å². The molecule has 0 atom stereocenters. The van der Waals surface area contributed by atoms with E-state index < -0.39 is 0 Å². The lowest BCUT2D eigenvalue weighted by Gasteiger charge is -2.28. The number of piperidine rings is 1. The lowest BCUT2D eigenvalue weighted by atomic mass is 10.1. The number of hydrogen-bond acceptors (Lipinski definition) is 8. The molecule has 1 aliphatic rings. The highest BCUT2D eigenvalue weighted by molar-refractivity contribution is 5.74. The van der Waals surface area contributed by atoms with Gasteiger partial charge in [-0.3, -0.25) is 4.68 Å². The fraction of sp³-hybridized carbons (Fsp3) is 0.533. The number of fused-ring (bicyclic) bond motifs is 1. The Bertz CT molecular complexity index is 829. The summed E-state index contributed by atoms with van der Waals surface area (Å²) >= 11 is 0. The van der Waals surface area contributed by atoms with Crippen LogP contribution in [-0.4, -0.2) is 43.2 Å². The molecule has 4 rings (SSSR count). The van der Waals surface area contributed by atoms with E-state index in [9.17, 15) is 0 Å². The van der Waals surface area contributed by atoms with Gasteiger partial charge in [-0.15, -0.1) is 0 Å². The summed E-state index contributed by atoms with van der Waals surface area (Å²) in [5, 5.41) is 15.4. The molecule has 24 heavy (non-hydrogen) atoms. The SMILES string of the molecule is Cc1cc(CNc2nc3nonc3nc2N2CCCCC2)nn1C. The van der Waals surface area contributed by atoms with E-state index >= 15 is 0 Å². The molecule has 1 saturated heterocycles.